The maximum atomic E-state index is 12.2. The van der Waals surface area contributed by atoms with Gasteiger partial charge in [-0.25, -0.2) is 0 Å². The van der Waals surface area contributed by atoms with Crippen LogP contribution in [-0.4, -0.2) is 25.9 Å². The highest BCUT2D eigenvalue weighted by Gasteiger charge is 2.19. The van der Waals surface area contributed by atoms with Gasteiger partial charge in [0.25, 0.3) is 0 Å². The normalized spacial score (nSPS) is 12.2. The number of anilines is 2. The van der Waals surface area contributed by atoms with Gasteiger partial charge in [0.15, 0.2) is 5.16 Å². The van der Waals surface area contributed by atoms with Crippen LogP contribution in [0.4, 0.5) is 11.4 Å². The van der Waals surface area contributed by atoms with Gasteiger partial charge >= 0.3 is 0 Å². The molecule has 112 valence electrons. The summed E-state index contributed by atoms with van der Waals surface area (Å²) in [6.45, 7) is 1.76. The Morgan fingerprint density at radius 2 is 2.05 bits per heavy atom. The van der Waals surface area contributed by atoms with Crippen LogP contribution in [0.2, 0.25) is 10.0 Å². The predicted molar refractivity (Wildman–Crippen MR) is 85.8 cm³/mol. The molecule has 1 aromatic heterocycles. The second-order valence-electron chi connectivity index (χ2n) is 4.33. The van der Waals surface area contributed by atoms with E-state index in [-0.39, 0.29) is 5.91 Å². The zero-order chi connectivity index (χ0) is 15.6. The highest BCUT2D eigenvalue weighted by Crippen LogP contribution is 2.33. The summed E-state index contributed by atoms with van der Waals surface area (Å²) in [4.78, 5) is 12.2. The number of rotatable bonds is 4. The first-order chi connectivity index (χ1) is 9.88. The Labute approximate surface area is 136 Å². The molecule has 0 aliphatic carbocycles. The number of carbonyl (C=O) groups is 1. The molecule has 0 bridgehead atoms. The van der Waals surface area contributed by atoms with E-state index in [1.54, 1.807) is 24.9 Å². The molecule has 1 atom stereocenters. The molecule has 0 spiro atoms. The average molecular weight is 346 g/mol. The number of nitrogen functional groups attached to an aromatic ring is 1. The number of nitrogens with one attached hydrogen (secondary N) is 1. The average Bonchev–Trinajstić information content (AvgIpc) is 2.79. The minimum absolute atomic E-state index is 0.239. The van der Waals surface area contributed by atoms with E-state index in [0.717, 1.165) is 0 Å². The lowest BCUT2D eigenvalue weighted by Gasteiger charge is -2.14. The molecule has 1 heterocycles. The fourth-order valence-electron chi connectivity index (χ4n) is 1.53. The van der Waals surface area contributed by atoms with E-state index in [0.29, 0.717) is 26.6 Å². The van der Waals surface area contributed by atoms with Gasteiger partial charge in [0.1, 0.15) is 6.33 Å². The molecule has 0 saturated heterocycles. The van der Waals surface area contributed by atoms with Crippen LogP contribution in [0.5, 0.6) is 0 Å². The summed E-state index contributed by atoms with van der Waals surface area (Å²) in [5.74, 6) is -0.239. The minimum Gasteiger partial charge on any atom is -0.399 e. The monoisotopic (exact) mass is 345 g/mol. The molecule has 9 heteroatoms. The molecular weight excluding hydrogens is 333 g/mol. The smallest absolute Gasteiger partial charge is 0.237 e. The molecule has 6 nitrogen and oxygen atoms in total. The SMILES string of the molecule is CC(Sc1nncn1C)C(=O)Nc1c(Cl)cc(N)cc1Cl. The first kappa shape index (κ1) is 15.9. The lowest BCUT2D eigenvalue weighted by molar-refractivity contribution is -0.115. The first-order valence-corrected chi connectivity index (χ1v) is 7.58. The molecule has 0 radical (unpaired) electrons. The number of thioether (sulfide) groups is 1. The molecule has 1 aromatic carbocycles. The largest absolute Gasteiger partial charge is 0.399 e. The lowest BCUT2D eigenvalue weighted by atomic mass is 10.2. The second kappa shape index (κ2) is 6.55. The molecule has 1 amide bonds. The van der Waals surface area contributed by atoms with Gasteiger partial charge < -0.3 is 15.6 Å². The van der Waals surface area contributed by atoms with E-state index in [2.05, 4.69) is 15.5 Å². The van der Waals surface area contributed by atoms with E-state index < -0.39 is 5.25 Å². The summed E-state index contributed by atoms with van der Waals surface area (Å²) in [6, 6.07) is 3.06. The number of carbonyl (C=O) groups excluding carboxylic acids is 1. The number of aromatic nitrogens is 3. The third-order valence-corrected chi connectivity index (χ3v) is 4.38. The van der Waals surface area contributed by atoms with Crippen molar-refractivity contribution in [3.63, 3.8) is 0 Å². The number of nitrogens with zero attached hydrogens (tertiary/aromatic N) is 3. The van der Waals surface area contributed by atoms with Crippen LogP contribution >= 0.6 is 35.0 Å². The van der Waals surface area contributed by atoms with E-state index >= 15 is 0 Å². The van der Waals surface area contributed by atoms with Crippen molar-refractivity contribution in [1.29, 1.82) is 0 Å². The molecule has 0 fully saturated rings. The number of benzene rings is 1. The van der Waals surface area contributed by atoms with Crippen molar-refractivity contribution in [2.24, 2.45) is 7.05 Å². The third kappa shape index (κ3) is 3.81. The second-order valence-corrected chi connectivity index (χ2v) is 6.46. The van der Waals surface area contributed by atoms with Crippen molar-refractivity contribution >= 4 is 52.2 Å². The Morgan fingerprint density at radius 3 is 2.57 bits per heavy atom. The number of amides is 1. The standard InChI is InChI=1S/C12H13Cl2N5OS/c1-6(21-12-18-16-5-19(12)2)11(20)17-10-8(13)3-7(15)4-9(10)14/h3-6H,15H2,1-2H3,(H,17,20). The molecular formula is C12H13Cl2N5OS. The van der Waals surface area contributed by atoms with Crippen molar-refractivity contribution in [2.75, 3.05) is 11.1 Å². The van der Waals surface area contributed by atoms with Crippen LogP contribution in [0, 0.1) is 0 Å². The van der Waals surface area contributed by atoms with Gasteiger partial charge in [-0.15, -0.1) is 10.2 Å². The Morgan fingerprint density at radius 1 is 1.43 bits per heavy atom. The zero-order valence-electron chi connectivity index (χ0n) is 11.3. The van der Waals surface area contributed by atoms with Crippen LogP contribution in [0.1, 0.15) is 6.92 Å². The summed E-state index contributed by atoms with van der Waals surface area (Å²) < 4.78 is 1.73. The lowest BCUT2D eigenvalue weighted by Crippen LogP contribution is -2.23. The summed E-state index contributed by atoms with van der Waals surface area (Å²) in [5.41, 5.74) is 6.41. The fraction of sp³-hybridized carbons (Fsp3) is 0.250. The Hall–Kier alpha value is -1.44. The van der Waals surface area contributed by atoms with Gasteiger partial charge in [-0.3, -0.25) is 4.79 Å². The number of hydrogen-bond donors (Lipinski definition) is 2. The molecule has 0 aliphatic heterocycles. The molecule has 0 aliphatic rings. The van der Waals surface area contributed by atoms with Crippen LogP contribution in [0.3, 0.4) is 0 Å². The van der Waals surface area contributed by atoms with Crippen LogP contribution < -0.4 is 11.1 Å². The van der Waals surface area contributed by atoms with Crippen molar-refractivity contribution in [3.05, 3.63) is 28.5 Å². The molecule has 3 N–H and O–H groups in total. The highest BCUT2D eigenvalue weighted by atomic mass is 35.5. The molecule has 2 rings (SSSR count). The van der Waals surface area contributed by atoms with Gasteiger partial charge in [-0.1, -0.05) is 35.0 Å². The summed E-state index contributed by atoms with van der Waals surface area (Å²) >= 11 is 13.4. The van der Waals surface area contributed by atoms with Crippen LogP contribution in [-0.2, 0) is 11.8 Å². The molecule has 0 saturated carbocycles. The van der Waals surface area contributed by atoms with Gasteiger partial charge in [0.05, 0.1) is 21.0 Å². The van der Waals surface area contributed by atoms with Gasteiger partial charge in [0, 0.05) is 12.7 Å². The van der Waals surface area contributed by atoms with E-state index in [1.807, 2.05) is 0 Å². The van der Waals surface area contributed by atoms with E-state index in [9.17, 15) is 4.79 Å². The third-order valence-electron chi connectivity index (χ3n) is 2.63. The van der Waals surface area contributed by atoms with Gasteiger partial charge in [-0.2, -0.15) is 0 Å². The van der Waals surface area contributed by atoms with Crippen molar-refractivity contribution < 1.29 is 4.79 Å². The summed E-state index contributed by atoms with van der Waals surface area (Å²) in [7, 11) is 1.81. The fourth-order valence-corrected chi connectivity index (χ4v) is 2.92. The first-order valence-electron chi connectivity index (χ1n) is 5.94. The topological polar surface area (TPSA) is 85.8 Å². The Balaban J connectivity index is 2.09. The number of aryl methyl sites for hydroxylation is 1. The minimum atomic E-state index is -0.391. The zero-order valence-corrected chi connectivity index (χ0v) is 13.6. The number of hydrogen-bond acceptors (Lipinski definition) is 5. The van der Waals surface area contributed by atoms with Crippen molar-refractivity contribution in [2.45, 2.75) is 17.3 Å². The number of nitrogens with two attached hydrogens (primary N) is 1. The van der Waals surface area contributed by atoms with E-state index in [1.165, 1.54) is 23.9 Å². The van der Waals surface area contributed by atoms with Gasteiger partial charge in [-0.05, 0) is 19.1 Å². The highest BCUT2D eigenvalue weighted by molar-refractivity contribution is 8.00. The molecule has 1 unspecified atom stereocenters. The molecule has 21 heavy (non-hydrogen) atoms. The number of halogens is 2. The maximum absolute atomic E-state index is 12.2. The summed E-state index contributed by atoms with van der Waals surface area (Å²) in [5, 5.41) is 11.2. The molecule has 2 aromatic rings. The van der Waals surface area contributed by atoms with Gasteiger partial charge in [0.2, 0.25) is 5.91 Å². The predicted octanol–water partition coefficient (Wildman–Crippen LogP) is 2.82. The van der Waals surface area contributed by atoms with Crippen LogP contribution in [0.15, 0.2) is 23.6 Å². The van der Waals surface area contributed by atoms with Crippen LogP contribution in [0.25, 0.3) is 0 Å². The maximum Gasteiger partial charge on any atom is 0.237 e. The van der Waals surface area contributed by atoms with Crippen molar-refractivity contribution in [1.82, 2.24) is 14.8 Å². The Bertz CT molecular complexity index is 652. The van der Waals surface area contributed by atoms with E-state index in [4.69, 9.17) is 28.9 Å². The van der Waals surface area contributed by atoms with Crippen molar-refractivity contribution in [3.8, 4) is 0 Å². The quantitative estimate of drug-likeness (QED) is 0.657. The summed E-state index contributed by atoms with van der Waals surface area (Å²) in [6.07, 6.45) is 1.57. The Kier molecular flexibility index (Phi) is 4.97.